The summed E-state index contributed by atoms with van der Waals surface area (Å²) in [6.45, 7) is 4.70. The molecule has 7 nitrogen and oxygen atoms in total. The minimum absolute atomic E-state index is 0.0284. The van der Waals surface area contributed by atoms with Crippen LogP contribution in [0, 0.1) is 0 Å². The monoisotopic (exact) mass is 332 g/mol. The summed E-state index contributed by atoms with van der Waals surface area (Å²) < 4.78 is 6.88. The predicted molar refractivity (Wildman–Crippen MR) is 90.8 cm³/mol. The predicted octanol–water partition coefficient (Wildman–Crippen LogP) is 1.04. The Morgan fingerprint density at radius 2 is 2.21 bits per heavy atom. The van der Waals surface area contributed by atoms with E-state index < -0.39 is 0 Å². The average molecular weight is 332 g/mol. The fourth-order valence-corrected chi connectivity index (χ4v) is 3.15. The van der Waals surface area contributed by atoms with E-state index in [1.807, 2.05) is 11.8 Å². The summed E-state index contributed by atoms with van der Waals surface area (Å²) in [5.74, 6) is 0.479. The maximum absolute atomic E-state index is 12.3. The highest BCUT2D eigenvalue weighted by atomic mass is 16.5. The molecule has 1 aromatic rings. The first-order chi connectivity index (χ1) is 11.7. The number of rotatable bonds is 4. The maximum atomic E-state index is 12.3. The number of carbonyl (C=O) groups is 1. The van der Waals surface area contributed by atoms with Crippen LogP contribution in [0.5, 0.6) is 0 Å². The van der Waals surface area contributed by atoms with E-state index in [1.165, 1.54) is 0 Å². The third kappa shape index (κ3) is 3.60. The largest absolute Gasteiger partial charge is 0.501 e. The van der Waals surface area contributed by atoms with Crippen molar-refractivity contribution in [1.82, 2.24) is 14.9 Å². The first kappa shape index (κ1) is 16.5. The minimum atomic E-state index is -0.0491. The van der Waals surface area contributed by atoms with Crippen molar-refractivity contribution >= 4 is 11.7 Å². The summed E-state index contributed by atoms with van der Waals surface area (Å²) in [5, 5.41) is 3.08. The van der Waals surface area contributed by atoms with Crippen molar-refractivity contribution in [3.8, 4) is 0 Å². The second-order valence-electron chi connectivity index (χ2n) is 6.19. The summed E-state index contributed by atoms with van der Waals surface area (Å²) in [4.78, 5) is 30.8. The summed E-state index contributed by atoms with van der Waals surface area (Å²) >= 11 is 0. The maximum Gasteiger partial charge on any atom is 0.293 e. The average Bonchev–Trinajstić information content (AvgIpc) is 2.63. The van der Waals surface area contributed by atoms with Gasteiger partial charge in [0.1, 0.15) is 0 Å². The molecule has 1 saturated heterocycles. The number of hydrogen-bond donors (Lipinski definition) is 1. The number of nitrogens with one attached hydrogen (secondary N) is 1. The number of amides is 1. The quantitative estimate of drug-likeness (QED) is 0.892. The zero-order valence-corrected chi connectivity index (χ0v) is 14.0. The smallest absolute Gasteiger partial charge is 0.293 e. The van der Waals surface area contributed by atoms with Crippen molar-refractivity contribution < 1.29 is 9.53 Å². The van der Waals surface area contributed by atoms with Crippen LogP contribution in [-0.2, 0) is 16.1 Å². The Bertz CT molecular complexity index is 675. The molecule has 0 spiro atoms. The van der Waals surface area contributed by atoms with Crippen LogP contribution in [0.1, 0.15) is 32.6 Å². The zero-order chi connectivity index (χ0) is 16.9. The fourth-order valence-electron chi connectivity index (χ4n) is 3.15. The standard InChI is InChI=1S/C17H24N4O3/c1-2-20-10-7-18-15(17(20)23)21-8-5-14(6-9-21)19-16(22)13-4-3-11-24-12-13/h7,10,12,14H,2-6,8-9,11H2,1H3,(H,19,22). The van der Waals surface area contributed by atoms with Crippen molar-refractivity contribution in [2.24, 2.45) is 0 Å². The highest BCUT2D eigenvalue weighted by Crippen LogP contribution is 2.17. The van der Waals surface area contributed by atoms with Gasteiger partial charge in [0.2, 0.25) is 0 Å². The van der Waals surface area contributed by atoms with Crippen LogP contribution in [0.4, 0.5) is 5.82 Å². The van der Waals surface area contributed by atoms with E-state index >= 15 is 0 Å². The van der Waals surface area contributed by atoms with E-state index in [0.29, 0.717) is 19.0 Å². The number of ether oxygens (including phenoxy) is 1. The Hall–Kier alpha value is -2.31. The van der Waals surface area contributed by atoms with Crippen molar-refractivity contribution in [3.05, 3.63) is 34.6 Å². The molecule has 1 amide bonds. The van der Waals surface area contributed by atoms with Crippen LogP contribution < -0.4 is 15.8 Å². The lowest BCUT2D eigenvalue weighted by molar-refractivity contribution is -0.118. The molecule has 0 saturated carbocycles. The van der Waals surface area contributed by atoms with E-state index in [-0.39, 0.29) is 17.5 Å². The lowest BCUT2D eigenvalue weighted by atomic mass is 10.0. The topological polar surface area (TPSA) is 76.5 Å². The molecule has 2 aliphatic rings. The molecule has 2 aliphatic heterocycles. The molecule has 0 bridgehead atoms. The number of hydrogen-bond acceptors (Lipinski definition) is 5. The molecule has 3 heterocycles. The van der Waals surface area contributed by atoms with Crippen LogP contribution in [0.15, 0.2) is 29.0 Å². The van der Waals surface area contributed by atoms with Crippen LogP contribution in [-0.4, -0.2) is 41.2 Å². The third-order valence-electron chi connectivity index (χ3n) is 4.59. The van der Waals surface area contributed by atoms with Crippen LogP contribution >= 0.6 is 0 Å². The Labute approximate surface area is 141 Å². The second kappa shape index (κ2) is 7.51. The second-order valence-corrected chi connectivity index (χ2v) is 6.19. The van der Waals surface area contributed by atoms with Gasteiger partial charge < -0.3 is 19.5 Å². The van der Waals surface area contributed by atoms with E-state index in [9.17, 15) is 9.59 Å². The van der Waals surface area contributed by atoms with Crippen molar-refractivity contribution in [1.29, 1.82) is 0 Å². The molecular formula is C17H24N4O3. The molecule has 7 heteroatoms. The van der Waals surface area contributed by atoms with E-state index in [1.54, 1.807) is 23.2 Å². The first-order valence-corrected chi connectivity index (χ1v) is 8.61. The van der Waals surface area contributed by atoms with Crippen molar-refractivity contribution in [2.75, 3.05) is 24.6 Å². The number of aryl methyl sites for hydroxylation is 1. The normalized spacial score (nSPS) is 18.7. The van der Waals surface area contributed by atoms with E-state index in [2.05, 4.69) is 10.3 Å². The van der Waals surface area contributed by atoms with Gasteiger partial charge in [-0.1, -0.05) is 0 Å². The summed E-state index contributed by atoms with van der Waals surface area (Å²) in [5.41, 5.74) is 0.672. The lowest BCUT2D eigenvalue weighted by Crippen LogP contribution is -2.47. The number of piperidine rings is 1. The number of nitrogens with zero attached hydrogens (tertiary/aromatic N) is 3. The van der Waals surface area contributed by atoms with Gasteiger partial charge in [0.25, 0.3) is 11.5 Å². The van der Waals surface area contributed by atoms with Crippen LogP contribution in [0.25, 0.3) is 0 Å². The van der Waals surface area contributed by atoms with Gasteiger partial charge in [-0.25, -0.2) is 4.98 Å². The molecule has 0 atom stereocenters. The molecule has 1 N–H and O–H groups in total. The minimum Gasteiger partial charge on any atom is -0.501 e. The van der Waals surface area contributed by atoms with Crippen molar-refractivity contribution in [2.45, 2.75) is 45.2 Å². The molecule has 0 unspecified atom stereocenters. The highest BCUT2D eigenvalue weighted by molar-refractivity contribution is 5.93. The van der Waals surface area contributed by atoms with E-state index in [0.717, 1.165) is 44.3 Å². The summed E-state index contributed by atoms with van der Waals surface area (Å²) in [7, 11) is 0. The molecule has 130 valence electrons. The van der Waals surface area contributed by atoms with Crippen LogP contribution in [0.2, 0.25) is 0 Å². The molecular weight excluding hydrogens is 308 g/mol. The number of carbonyl (C=O) groups excluding carboxylic acids is 1. The van der Waals surface area contributed by atoms with Gasteiger partial charge in [-0.2, -0.15) is 0 Å². The van der Waals surface area contributed by atoms with Gasteiger partial charge >= 0.3 is 0 Å². The molecule has 0 aromatic carbocycles. The number of aromatic nitrogens is 2. The van der Waals surface area contributed by atoms with E-state index in [4.69, 9.17) is 4.74 Å². The van der Waals surface area contributed by atoms with Gasteiger partial charge in [0.05, 0.1) is 18.4 Å². The lowest BCUT2D eigenvalue weighted by Gasteiger charge is -2.33. The zero-order valence-electron chi connectivity index (χ0n) is 14.0. The van der Waals surface area contributed by atoms with Gasteiger partial charge in [0, 0.05) is 38.1 Å². The Morgan fingerprint density at radius 3 is 2.88 bits per heavy atom. The highest BCUT2D eigenvalue weighted by Gasteiger charge is 2.24. The first-order valence-electron chi connectivity index (χ1n) is 8.61. The summed E-state index contributed by atoms with van der Waals surface area (Å²) in [6.07, 6.45) is 8.23. The van der Waals surface area contributed by atoms with Gasteiger partial charge in [-0.3, -0.25) is 9.59 Å². The Balaban J connectivity index is 1.57. The summed E-state index contributed by atoms with van der Waals surface area (Å²) in [6, 6.07) is 0.133. The molecule has 1 aromatic heterocycles. The molecule has 0 aliphatic carbocycles. The SMILES string of the molecule is CCn1ccnc(N2CCC(NC(=O)C3=COCCC3)CC2)c1=O. The van der Waals surface area contributed by atoms with Gasteiger partial charge in [-0.15, -0.1) is 0 Å². The van der Waals surface area contributed by atoms with Gasteiger partial charge in [0.15, 0.2) is 5.82 Å². The molecule has 24 heavy (non-hydrogen) atoms. The van der Waals surface area contributed by atoms with Crippen molar-refractivity contribution in [3.63, 3.8) is 0 Å². The van der Waals surface area contributed by atoms with Crippen LogP contribution in [0.3, 0.4) is 0 Å². The Morgan fingerprint density at radius 1 is 1.42 bits per heavy atom. The molecule has 3 rings (SSSR count). The molecule has 0 radical (unpaired) electrons. The van der Waals surface area contributed by atoms with Gasteiger partial charge in [-0.05, 0) is 32.6 Å². The Kier molecular flexibility index (Phi) is 5.17. The molecule has 1 fully saturated rings. The number of anilines is 1. The third-order valence-corrected chi connectivity index (χ3v) is 4.59. The fraction of sp³-hybridized carbons (Fsp3) is 0.588.